The van der Waals surface area contributed by atoms with Crippen LogP contribution in [0.15, 0.2) is 18.2 Å². The van der Waals surface area contributed by atoms with E-state index in [0.29, 0.717) is 30.7 Å². The van der Waals surface area contributed by atoms with E-state index in [9.17, 15) is 14.4 Å². The Labute approximate surface area is 171 Å². The van der Waals surface area contributed by atoms with Crippen LogP contribution in [0.25, 0.3) is 0 Å². The summed E-state index contributed by atoms with van der Waals surface area (Å²) in [6.07, 6.45) is 6.64. The van der Waals surface area contributed by atoms with Gasteiger partial charge in [0.1, 0.15) is 5.75 Å². The summed E-state index contributed by atoms with van der Waals surface area (Å²) in [6.45, 7) is 2.37. The van der Waals surface area contributed by atoms with Crippen molar-refractivity contribution in [1.29, 1.82) is 0 Å². The average molecular weight is 399 g/mol. The summed E-state index contributed by atoms with van der Waals surface area (Å²) in [6, 6.07) is 5.76. The molecule has 3 aliphatic rings. The van der Waals surface area contributed by atoms with Crippen LogP contribution in [0.5, 0.6) is 5.75 Å². The molecule has 156 valence electrons. The Morgan fingerprint density at radius 2 is 2.03 bits per heavy atom. The number of hydrogen-bond donors (Lipinski definition) is 2. The molecular formula is C22H29N3O4. The number of amides is 3. The highest BCUT2D eigenvalue weighted by Gasteiger charge is 2.42. The third-order valence-corrected chi connectivity index (χ3v) is 6.21. The Morgan fingerprint density at radius 1 is 1.24 bits per heavy atom. The fraction of sp³-hybridized carbons (Fsp3) is 0.591. The van der Waals surface area contributed by atoms with Gasteiger partial charge < -0.3 is 20.3 Å². The minimum atomic E-state index is -0.899. The Morgan fingerprint density at radius 3 is 2.83 bits per heavy atom. The van der Waals surface area contributed by atoms with Gasteiger partial charge in [-0.2, -0.15) is 0 Å². The quantitative estimate of drug-likeness (QED) is 0.816. The topological polar surface area (TPSA) is 87.7 Å². The largest absolute Gasteiger partial charge is 0.467 e. The number of carbonyl (C=O) groups is 3. The zero-order valence-corrected chi connectivity index (χ0v) is 17.0. The molecule has 7 nitrogen and oxygen atoms in total. The number of benzene rings is 1. The molecule has 1 atom stereocenters. The predicted octanol–water partition coefficient (Wildman–Crippen LogP) is 2.27. The number of fused-ring (bicyclic) bond motifs is 1. The zero-order valence-electron chi connectivity index (χ0n) is 17.0. The second kappa shape index (κ2) is 8.05. The van der Waals surface area contributed by atoms with E-state index in [4.69, 9.17) is 4.74 Å². The molecule has 2 N–H and O–H groups in total. The lowest BCUT2D eigenvalue weighted by Gasteiger charge is -2.38. The molecule has 7 heteroatoms. The van der Waals surface area contributed by atoms with E-state index >= 15 is 0 Å². The summed E-state index contributed by atoms with van der Waals surface area (Å²) in [5.41, 5.74) is 0.614. The van der Waals surface area contributed by atoms with Crippen molar-refractivity contribution < 1.29 is 19.1 Å². The fourth-order valence-electron chi connectivity index (χ4n) is 4.54. The van der Waals surface area contributed by atoms with Gasteiger partial charge in [-0.15, -0.1) is 0 Å². The molecule has 2 aliphatic heterocycles. The Kier molecular flexibility index (Phi) is 5.48. The Balaban J connectivity index is 1.40. The lowest BCUT2D eigenvalue weighted by molar-refractivity contribution is -0.135. The van der Waals surface area contributed by atoms with Gasteiger partial charge >= 0.3 is 0 Å². The number of hydrogen-bond acceptors (Lipinski definition) is 4. The third kappa shape index (κ3) is 4.38. The molecule has 1 saturated carbocycles. The van der Waals surface area contributed by atoms with E-state index in [-0.39, 0.29) is 36.7 Å². The van der Waals surface area contributed by atoms with Gasteiger partial charge in [0, 0.05) is 31.8 Å². The van der Waals surface area contributed by atoms with Gasteiger partial charge in [-0.3, -0.25) is 14.4 Å². The van der Waals surface area contributed by atoms with E-state index in [0.717, 1.165) is 31.2 Å². The van der Waals surface area contributed by atoms with Gasteiger partial charge in [0.25, 0.3) is 5.91 Å². The first-order chi connectivity index (χ1) is 13.9. The van der Waals surface area contributed by atoms with E-state index in [1.807, 2.05) is 19.1 Å². The van der Waals surface area contributed by atoms with Crippen LogP contribution in [0, 0.1) is 6.92 Å². The molecule has 1 aliphatic carbocycles. The van der Waals surface area contributed by atoms with Crippen molar-refractivity contribution >= 4 is 17.7 Å². The minimum absolute atomic E-state index is 0.0646. The van der Waals surface area contributed by atoms with Crippen LogP contribution in [0.3, 0.4) is 0 Å². The molecule has 0 bridgehead atoms. The standard InChI is InChI=1S/C22H29N3O4/c1-15-7-8-18-17(13-15)21(28)24-22(29-18)10-9-20(27)25(12-11-22)14-19(26)23-16-5-3-2-4-6-16/h7-8,13,16H,2-6,9-12,14H2,1H3,(H,23,26)(H,24,28)/t22-/m0/s1. The molecule has 1 aromatic carbocycles. The molecule has 0 unspecified atom stereocenters. The highest BCUT2D eigenvalue weighted by Crippen LogP contribution is 2.34. The van der Waals surface area contributed by atoms with Crippen LogP contribution in [-0.2, 0) is 9.59 Å². The summed E-state index contributed by atoms with van der Waals surface area (Å²) in [5.74, 6) is 0.199. The van der Waals surface area contributed by atoms with E-state index in [1.54, 1.807) is 11.0 Å². The first kappa shape index (κ1) is 19.7. The smallest absolute Gasteiger partial charge is 0.258 e. The number of ether oxygens (including phenoxy) is 1. The minimum Gasteiger partial charge on any atom is -0.467 e. The van der Waals surface area contributed by atoms with Crippen molar-refractivity contribution in [3.05, 3.63) is 29.3 Å². The normalized spacial score (nSPS) is 25.1. The molecule has 4 rings (SSSR count). The van der Waals surface area contributed by atoms with Gasteiger partial charge in [-0.25, -0.2) is 0 Å². The van der Waals surface area contributed by atoms with Crippen molar-refractivity contribution in [3.8, 4) is 5.75 Å². The molecular weight excluding hydrogens is 370 g/mol. The maximum Gasteiger partial charge on any atom is 0.258 e. The molecule has 0 aromatic heterocycles. The first-order valence-corrected chi connectivity index (χ1v) is 10.6. The summed E-state index contributed by atoms with van der Waals surface area (Å²) < 4.78 is 6.18. The number of rotatable bonds is 3. The molecule has 3 amide bonds. The summed E-state index contributed by atoms with van der Waals surface area (Å²) in [7, 11) is 0. The van der Waals surface area contributed by atoms with Crippen molar-refractivity contribution in [2.45, 2.75) is 70.1 Å². The van der Waals surface area contributed by atoms with Crippen molar-refractivity contribution in [2.75, 3.05) is 13.1 Å². The van der Waals surface area contributed by atoms with Crippen LogP contribution < -0.4 is 15.4 Å². The molecule has 1 spiro atoms. The first-order valence-electron chi connectivity index (χ1n) is 10.6. The number of carbonyl (C=O) groups excluding carboxylic acids is 3. The van der Waals surface area contributed by atoms with E-state index in [2.05, 4.69) is 10.6 Å². The summed E-state index contributed by atoms with van der Waals surface area (Å²) >= 11 is 0. The van der Waals surface area contributed by atoms with Crippen molar-refractivity contribution in [1.82, 2.24) is 15.5 Å². The molecule has 1 aromatic rings. The number of likely N-dealkylation sites (tertiary alicyclic amines) is 1. The third-order valence-electron chi connectivity index (χ3n) is 6.21. The van der Waals surface area contributed by atoms with Crippen LogP contribution in [0.1, 0.15) is 67.3 Å². The Hall–Kier alpha value is -2.57. The molecule has 29 heavy (non-hydrogen) atoms. The second-order valence-electron chi connectivity index (χ2n) is 8.52. The maximum atomic E-state index is 12.6. The second-order valence-corrected chi connectivity index (χ2v) is 8.52. The van der Waals surface area contributed by atoms with Crippen LogP contribution in [0.4, 0.5) is 0 Å². The van der Waals surface area contributed by atoms with Crippen LogP contribution >= 0.6 is 0 Å². The highest BCUT2D eigenvalue weighted by atomic mass is 16.5. The monoisotopic (exact) mass is 399 g/mol. The maximum absolute atomic E-state index is 12.6. The zero-order chi connectivity index (χ0) is 20.4. The van der Waals surface area contributed by atoms with Gasteiger partial charge in [0.2, 0.25) is 11.8 Å². The summed E-state index contributed by atoms with van der Waals surface area (Å²) in [4.78, 5) is 39.3. The molecule has 1 saturated heterocycles. The predicted molar refractivity (Wildman–Crippen MR) is 107 cm³/mol. The SMILES string of the molecule is Cc1ccc2c(c1)C(=O)N[C@@]1(CCC(=O)N(CC(=O)NC3CCCCC3)CC1)O2. The number of nitrogens with zero attached hydrogens (tertiary/aromatic N) is 1. The number of nitrogens with one attached hydrogen (secondary N) is 2. The summed E-state index contributed by atoms with van der Waals surface area (Å²) in [5, 5.41) is 6.04. The lowest BCUT2D eigenvalue weighted by Crippen LogP contribution is -2.56. The van der Waals surface area contributed by atoms with Gasteiger partial charge in [-0.05, 0) is 31.9 Å². The molecule has 2 fully saturated rings. The molecule has 0 radical (unpaired) electrons. The Bertz CT molecular complexity index is 818. The van der Waals surface area contributed by atoms with Gasteiger partial charge in [0.05, 0.1) is 12.1 Å². The average Bonchev–Trinajstić information content (AvgIpc) is 2.84. The van der Waals surface area contributed by atoms with Crippen LogP contribution in [-0.4, -0.2) is 47.5 Å². The number of aryl methyl sites for hydroxylation is 1. The highest BCUT2D eigenvalue weighted by molar-refractivity contribution is 5.98. The van der Waals surface area contributed by atoms with Crippen LogP contribution in [0.2, 0.25) is 0 Å². The lowest BCUT2D eigenvalue weighted by atomic mass is 9.95. The van der Waals surface area contributed by atoms with Crippen molar-refractivity contribution in [2.24, 2.45) is 0 Å². The molecule has 2 heterocycles. The van der Waals surface area contributed by atoms with Crippen molar-refractivity contribution in [3.63, 3.8) is 0 Å². The fourth-order valence-corrected chi connectivity index (χ4v) is 4.54. The van der Waals surface area contributed by atoms with E-state index in [1.165, 1.54) is 6.42 Å². The van der Waals surface area contributed by atoms with Gasteiger partial charge in [-0.1, -0.05) is 30.9 Å². The van der Waals surface area contributed by atoms with Gasteiger partial charge in [0.15, 0.2) is 5.72 Å². The van der Waals surface area contributed by atoms with E-state index < -0.39 is 5.72 Å².